The minimum absolute atomic E-state index is 0. The molecule has 0 aliphatic carbocycles. The van der Waals surface area contributed by atoms with Gasteiger partial charge in [0.15, 0.2) is 0 Å². The van der Waals surface area contributed by atoms with Gasteiger partial charge in [-0.05, 0) is 24.0 Å². The lowest BCUT2D eigenvalue weighted by molar-refractivity contribution is -0.131. The summed E-state index contributed by atoms with van der Waals surface area (Å²) in [5.74, 6) is 2.12. The Kier molecular flexibility index (Phi) is 15.0. The average molecular weight is 395 g/mol. The molecule has 2 rings (SSSR count). The smallest absolute Gasteiger partial charge is 0.222 e. The first kappa shape index (κ1) is 28.1. The molecule has 28 heavy (non-hydrogen) atoms. The summed E-state index contributed by atoms with van der Waals surface area (Å²) in [4.78, 5) is 20.7. The van der Waals surface area contributed by atoms with Gasteiger partial charge in [-0.25, -0.2) is 4.98 Å². The zero-order valence-corrected chi connectivity index (χ0v) is 17.0. The molecule has 1 aromatic heterocycles. The van der Waals surface area contributed by atoms with Gasteiger partial charge in [0.2, 0.25) is 11.9 Å². The number of nitrogens with zero attached hydrogens (tertiary/aromatic N) is 2. The molecule has 1 heterocycles. The number of fused-ring (bicyclic) bond motifs is 1. The van der Waals surface area contributed by atoms with Gasteiger partial charge in [0.1, 0.15) is 0 Å². The number of aromatic nitrogens is 2. The van der Waals surface area contributed by atoms with Gasteiger partial charge in [0.25, 0.3) is 0 Å². The molecule has 0 atom stereocenters. The van der Waals surface area contributed by atoms with Crippen LogP contribution in [0.25, 0.3) is 11.0 Å². The Balaban J connectivity index is 0. The monoisotopic (exact) mass is 394 g/mol. The Morgan fingerprint density at radius 1 is 1.18 bits per heavy atom. The molecule has 0 aliphatic heterocycles. The molecule has 0 bridgehead atoms. The maximum absolute atomic E-state index is 11.3. The van der Waals surface area contributed by atoms with Crippen molar-refractivity contribution < 1.29 is 9.53 Å². The highest BCUT2D eigenvalue weighted by Crippen LogP contribution is 2.13. The number of carbonyl (C=O) groups is 1. The van der Waals surface area contributed by atoms with Crippen molar-refractivity contribution in [2.24, 2.45) is 11.8 Å². The van der Waals surface area contributed by atoms with Crippen LogP contribution in [0.15, 0.2) is 24.3 Å². The van der Waals surface area contributed by atoms with E-state index in [0.29, 0.717) is 31.4 Å². The maximum atomic E-state index is 11.3. The summed E-state index contributed by atoms with van der Waals surface area (Å²) in [6, 6.07) is 8.04. The van der Waals surface area contributed by atoms with Crippen molar-refractivity contribution in [1.82, 2.24) is 14.9 Å². The van der Waals surface area contributed by atoms with E-state index in [0.717, 1.165) is 23.5 Å². The molecule has 162 valence electrons. The summed E-state index contributed by atoms with van der Waals surface area (Å²) < 4.78 is 4.87. The van der Waals surface area contributed by atoms with Crippen LogP contribution in [0.5, 0.6) is 0 Å². The van der Waals surface area contributed by atoms with Gasteiger partial charge in [0.05, 0.1) is 17.6 Å². The van der Waals surface area contributed by atoms with Gasteiger partial charge < -0.3 is 19.9 Å². The first-order valence-corrected chi connectivity index (χ1v) is 9.25. The molecule has 0 aliphatic rings. The van der Waals surface area contributed by atoms with Gasteiger partial charge in [-0.3, -0.25) is 4.79 Å². The van der Waals surface area contributed by atoms with Gasteiger partial charge in [-0.1, -0.05) is 54.7 Å². The Bertz CT molecular complexity index is 620. The maximum Gasteiger partial charge on any atom is 0.222 e. The van der Waals surface area contributed by atoms with Crippen LogP contribution in [0.3, 0.4) is 0 Å². The molecular weight excluding hydrogens is 352 g/mol. The predicted molar refractivity (Wildman–Crippen MR) is 122 cm³/mol. The normalized spacial score (nSPS) is 10.0. The van der Waals surface area contributed by atoms with E-state index in [2.05, 4.69) is 29.1 Å². The summed E-state index contributed by atoms with van der Waals surface area (Å²) in [5, 5.41) is 3.27. The fourth-order valence-corrected chi connectivity index (χ4v) is 2.20. The Morgan fingerprint density at radius 3 is 2.36 bits per heavy atom. The van der Waals surface area contributed by atoms with E-state index in [1.54, 1.807) is 12.0 Å². The third kappa shape index (κ3) is 10.9. The number of anilines is 1. The second-order valence-electron chi connectivity index (χ2n) is 7.28. The summed E-state index contributed by atoms with van der Waals surface area (Å²) in [6.07, 6.45) is 0.625. The number of benzene rings is 1. The molecule has 0 saturated heterocycles. The lowest BCUT2D eigenvalue weighted by atomic mass is 10.1. The number of amides is 1. The van der Waals surface area contributed by atoms with Crippen LogP contribution in [-0.4, -0.2) is 54.6 Å². The molecule has 2 aromatic rings. The third-order valence-electron chi connectivity index (χ3n) is 3.71. The number of methoxy groups -OCH3 is 1. The Labute approximate surface area is 172 Å². The van der Waals surface area contributed by atoms with Crippen LogP contribution < -0.4 is 5.32 Å². The van der Waals surface area contributed by atoms with Crippen molar-refractivity contribution in [1.29, 1.82) is 0 Å². The van der Waals surface area contributed by atoms with Gasteiger partial charge in [0, 0.05) is 33.7 Å². The molecule has 2 N–H and O–H groups in total. The van der Waals surface area contributed by atoms with Crippen LogP contribution in [0, 0.1) is 11.8 Å². The second kappa shape index (κ2) is 14.9. The Morgan fingerprint density at radius 2 is 1.82 bits per heavy atom. The molecule has 6 heteroatoms. The number of nitrogens with one attached hydrogen (secondary N) is 2. The molecule has 0 spiro atoms. The van der Waals surface area contributed by atoms with Crippen LogP contribution in [0.1, 0.15) is 49.0 Å². The van der Waals surface area contributed by atoms with Gasteiger partial charge >= 0.3 is 0 Å². The van der Waals surface area contributed by atoms with Crippen molar-refractivity contribution >= 4 is 22.9 Å². The highest BCUT2D eigenvalue weighted by atomic mass is 16.5. The summed E-state index contributed by atoms with van der Waals surface area (Å²) in [6.45, 7) is 10.7. The highest BCUT2D eigenvalue weighted by Gasteiger charge is 2.09. The first-order chi connectivity index (χ1) is 12.3. The third-order valence-corrected chi connectivity index (χ3v) is 3.71. The molecule has 1 aromatic carbocycles. The van der Waals surface area contributed by atoms with Crippen LogP contribution >= 0.6 is 0 Å². The fourth-order valence-electron chi connectivity index (χ4n) is 2.20. The second-order valence-corrected chi connectivity index (χ2v) is 7.28. The van der Waals surface area contributed by atoms with E-state index in [-0.39, 0.29) is 20.8 Å². The van der Waals surface area contributed by atoms with E-state index < -0.39 is 0 Å². The van der Waals surface area contributed by atoms with Crippen molar-refractivity contribution in [3.63, 3.8) is 0 Å². The number of aromatic amines is 1. The van der Waals surface area contributed by atoms with E-state index in [4.69, 9.17) is 4.74 Å². The van der Waals surface area contributed by atoms with E-state index in [1.807, 2.05) is 45.2 Å². The minimum Gasteiger partial charge on any atom is -0.383 e. The molecule has 0 unspecified atom stereocenters. The number of H-pyrrole nitrogens is 1. The molecule has 6 nitrogen and oxygen atoms in total. The summed E-state index contributed by atoms with van der Waals surface area (Å²) in [5.41, 5.74) is 2.09. The van der Waals surface area contributed by atoms with Crippen LogP contribution in [0.4, 0.5) is 5.95 Å². The number of hydrogen-bond donors (Lipinski definition) is 2. The van der Waals surface area contributed by atoms with Crippen LogP contribution in [0.2, 0.25) is 0 Å². The summed E-state index contributed by atoms with van der Waals surface area (Å²) in [7, 11) is 3.45. The molecular formula is C22H42N4O2. The minimum atomic E-state index is 0. The van der Waals surface area contributed by atoms with E-state index >= 15 is 0 Å². The number of para-hydroxylation sites is 2. The largest absolute Gasteiger partial charge is 0.383 e. The summed E-state index contributed by atoms with van der Waals surface area (Å²) >= 11 is 0. The topological polar surface area (TPSA) is 70.2 Å². The van der Waals surface area contributed by atoms with E-state index in [9.17, 15) is 4.79 Å². The quantitative estimate of drug-likeness (QED) is 0.658. The SMILES string of the molecule is C.C.CC(C)CNc1nc2ccccc2[nH]1.COCCN(C)C(=O)CC(C)C. The van der Waals surface area contributed by atoms with E-state index in [1.165, 1.54) is 0 Å². The number of likely N-dealkylation sites (N-methyl/N-ethyl adjacent to an activating group) is 1. The molecule has 0 saturated carbocycles. The molecule has 1 amide bonds. The van der Waals surface area contributed by atoms with Crippen molar-refractivity contribution in [2.75, 3.05) is 39.2 Å². The zero-order valence-electron chi connectivity index (χ0n) is 17.0. The first-order valence-electron chi connectivity index (χ1n) is 9.25. The van der Waals surface area contributed by atoms with Gasteiger partial charge in [-0.15, -0.1) is 0 Å². The molecule has 0 radical (unpaired) electrons. The number of ether oxygens (including phenoxy) is 1. The highest BCUT2D eigenvalue weighted by molar-refractivity contribution is 5.77. The number of hydrogen-bond acceptors (Lipinski definition) is 4. The number of rotatable bonds is 8. The molecule has 0 fully saturated rings. The standard InChI is InChI=1S/C11H15N3.C9H19NO2.2CH4/c1-8(2)7-12-11-13-9-5-3-4-6-10(9)14-11;1-8(2)7-9(11)10(3)5-6-12-4;;/h3-6,8H,7H2,1-2H3,(H2,12,13,14);8H,5-7H2,1-4H3;2*1H4. The van der Waals surface area contributed by atoms with Crippen molar-refractivity contribution in [2.45, 2.75) is 49.0 Å². The zero-order chi connectivity index (χ0) is 19.5. The average Bonchev–Trinajstić information content (AvgIpc) is 3.00. The van der Waals surface area contributed by atoms with Crippen molar-refractivity contribution in [3.8, 4) is 0 Å². The lowest BCUT2D eigenvalue weighted by Gasteiger charge is -2.17. The van der Waals surface area contributed by atoms with Crippen LogP contribution in [-0.2, 0) is 9.53 Å². The van der Waals surface area contributed by atoms with Crippen molar-refractivity contribution in [3.05, 3.63) is 24.3 Å². The Hall–Kier alpha value is -2.08. The number of carbonyl (C=O) groups excluding carboxylic acids is 1. The van der Waals surface area contributed by atoms with Gasteiger partial charge in [-0.2, -0.15) is 0 Å². The predicted octanol–water partition coefficient (Wildman–Crippen LogP) is 5.04. The number of imidazole rings is 1. The fraction of sp³-hybridized carbons (Fsp3) is 0.636. The lowest BCUT2D eigenvalue weighted by Crippen LogP contribution is -2.30.